The Hall–Kier alpha value is -4.49. The van der Waals surface area contributed by atoms with Crippen molar-refractivity contribution < 1.29 is 19.1 Å². The average molecular weight is 522 g/mol. The maximum Gasteiger partial charge on any atom is 0.242 e. The van der Waals surface area contributed by atoms with E-state index in [9.17, 15) is 9.59 Å². The van der Waals surface area contributed by atoms with Crippen LogP contribution < -0.4 is 4.74 Å². The Kier molecular flexibility index (Phi) is 7.99. The number of hydrogen-bond acceptors (Lipinski definition) is 5. The predicted octanol–water partition coefficient (Wildman–Crippen LogP) is 5.43. The van der Waals surface area contributed by atoms with Gasteiger partial charge in [-0.05, 0) is 29.7 Å². The first-order valence-corrected chi connectivity index (χ1v) is 12.9. The summed E-state index contributed by atoms with van der Waals surface area (Å²) in [5, 5.41) is 1.65. The van der Waals surface area contributed by atoms with Crippen molar-refractivity contribution >= 4 is 34.0 Å². The van der Waals surface area contributed by atoms with Crippen LogP contribution >= 0.6 is 0 Å². The molecule has 0 aliphatic rings. The number of carbonyl (C=O) groups is 2. The van der Waals surface area contributed by atoms with E-state index >= 15 is 0 Å². The van der Waals surface area contributed by atoms with Crippen molar-refractivity contribution in [3.63, 3.8) is 0 Å². The zero-order chi connectivity index (χ0) is 27.2. The van der Waals surface area contributed by atoms with Crippen molar-refractivity contribution in [2.24, 2.45) is 0 Å². The molecule has 0 unspecified atom stereocenters. The largest absolute Gasteiger partial charge is 0.488 e. The van der Waals surface area contributed by atoms with Gasteiger partial charge in [0.2, 0.25) is 5.91 Å². The number of likely N-dealkylation sites (N-methyl/N-ethyl adjacent to an activating group) is 1. The average Bonchev–Trinajstić information content (AvgIpc) is 3.30. The Morgan fingerprint density at radius 1 is 0.897 bits per heavy atom. The zero-order valence-electron chi connectivity index (χ0n) is 22.2. The fourth-order valence-corrected chi connectivity index (χ4v) is 4.91. The van der Waals surface area contributed by atoms with Crippen molar-refractivity contribution in [2.75, 3.05) is 20.7 Å². The highest BCUT2D eigenvalue weighted by atomic mass is 16.5. The van der Waals surface area contributed by atoms with Crippen molar-refractivity contribution in [1.82, 2.24) is 14.5 Å². The highest BCUT2D eigenvalue weighted by molar-refractivity contribution is 6.14. The summed E-state index contributed by atoms with van der Waals surface area (Å²) in [6, 6.07) is 25.9. The number of carbonyl (C=O) groups excluding carboxylic acids is 2. The second-order valence-corrected chi connectivity index (χ2v) is 9.49. The second-order valence-electron chi connectivity index (χ2n) is 9.49. The standard InChI is InChI=1S/C32H31N3O4/c1-34(17-16-23-10-5-3-6-11-23)30(37)19-35-27-14-9-15-29(39-21-24-12-7-4-8-13-24)32(27)31-25(22-38-2)26(20-36)33-18-28(31)35/h3-15,18,20H,16-17,19,21-22H2,1-2H3. The summed E-state index contributed by atoms with van der Waals surface area (Å²) >= 11 is 0. The van der Waals surface area contributed by atoms with Gasteiger partial charge in [0.25, 0.3) is 0 Å². The third-order valence-corrected chi connectivity index (χ3v) is 6.96. The maximum atomic E-state index is 13.4. The highest BCUT2D eigenvalue weighted by Gasteiger charge is 2.22. The van der Waals surface area contributed by atoms with E-state index in [0.29, 0.717) is 30.2 Å². The van der Waals surface area contributed by atoms with Crippen LogP contribution in [-0.2, 0) is 35.7 Å². The van der Waals surface area contributed by atoms with Crippen molar-refractivity contribution in [1.29, 1.82) is 0 Å². The number of rotatable bonds is 11. The topological polar surface area (TPSA) is 73.7 Å². The minimum atomic E-state index is -0.0203. The van der Waals surface area contributed by atoms with E-state index in [1.165, 1.54) is 5.56 Å². The number of methoxy groups -OCH3 is 1. The molecule has 0 saturated heterocycles. The first-order chi connectivity index (χ1) is 19.1. The molecule has 0 bridgehead atoms. The quantitative estimate of drug-likeness (QED) is 0.217. The minimum absolute atomic E-state index is 0.0203. The summed E-state index contributed by atoms with van der Waals surface area (Å²) in [4.78, 5) is 31.5. The molecule has 39 heavy (non-hydrogen) atoms. The number of aldehydes is 1. The van der Waals surface area contributed by atoms with Gasteiger partial charge >= 0.3 is 0 Å². The monoisotopic (exact) mass is 521 g/mol. The van der Waals surface area contributed by atoms with Crippen LogP contribution in [0.25, 0.3) is 21.8 Å². The zero-order valence-corrected chi connectivity index (χ0v) is 22.2. The lowest BCUT2D eigenvalue weighted by molar-refractivity contribution is -0.130. The molecule has 2 aromatic heterocycles. The molecule has 198 valence electrons. The first kappa shape index (κ1) is 26.1. The van der Waals surface area contributed by atoms with E-state index < -0.39 is 0 Å². The molecule has 0 radical (unpaired) electrons. The number of pyridine rings is 1. The van der Waals surface area contributed by atoms with E-state index in [1.807, 2.05) is 78.3 Å². The number of ether oxygens (including phenoxy) is 2. The molecule has 7 nitrogen and oxygen atoms in total. The Morgan fingerprint density at radius 3 is 2.31 bits per heavy atom. The fourth-order valence-electron chi connectivity index (χ4n) is 4.91. The lowest BCUT2D eigenvalue weighted by Crippen LogP contribution is -2.31. The molecule has 1 amide bonds. The smallest absolute Gasteiger partial charge is 0.242 e. The number of aromatic nitrogens is 2. The molecule has 0 fully saturated rings. The van der Waals surface area contributed by atoms with Crippen LogP contribution in [0.15, 0.2) is 85.1 Å². The van der Waals surface area contributed by atoms with Crippen LogP contribution in [0.1, 0.15) is 27.2 Å². The number of nitrogens with zero attached hydrogens (tertiary/aromatic N) is 3. The Morgan fingerprint density at radius 2 is 1.62 bits per heavy atom. The normalized spacial score (nSPS) is 11.1. The predicted molar refractivity (Wildman–Crippen MR) is 152 cm³/mol. The summed E-state index contributed by atoms with van der Waals surface area (Å²) in [6.45, 7) is 1.32. The van der Waals surface area contributed by atoms with E-state index in [4.69, 9.17) is 9.47 Å². The molecular weight excluding hydrogens is 490 g/mol. The third kappa shape index (κ3) is 5.54. The van der Waals surface area contributed by atoms with Crippen molar-refractivity contribution in [2.45, 2.75) is 26.2 Å². The SMILES string of the molecule is COCc1c(C=O)ncc2c1c1c(OCc3ccccc3)cccc1n2CC(=O)N(C)CCc1ccccc1. The number of hydrogen-bond donors (Lipinski definition) is 0. The summed E-state index contributed by atoms with van der Waals surface area (Å²) in [6.07, 6.45) is 3.18. The van der Waals surface area contributed by atoms with Gasteiger partial charge in [0.15, 0.2) is 6.29 Å². The van der Waals surface area contributed by atoms with Crippen molar-refractivity contribution in [3.8, 4) is 5.75 Å². The van der Waals surface area contributed by atoms with Crippen molar-refractivity contribution in [3.05, 3.63) is 107 Å². The summed E-state index contributed by atoms with van der Waals surface area (Å²) < 4.78 is 13.8. The fraction of sp³-hybridized carbons (Fsp3) is 0.219. The van der Waals surface area contributed by atoms with Gasteiger partial charge in [0, 0.05) is 31.7 Å². The van der Waals surface area contributed by atoms with Gasteiger partial charge in [-0.2, -0.15) is 0 Å². The number of amides is 1. The summed E-state index contributed by atoms with van der Waals surface area (Å²) in [5.41, 5.74) is 4.80. The lowest BCUT2D eigenvalue weighted by Gasteiger charge is -2.18. The van der Waals surface area contributed by atoms with Gasteiger partial charge < -0.3 is 18.9 Å². The molecule has 0 atom stereocenters. The van der Waals surface area contributed by atoms with E-state index in [1.54, 1.807) is 18.2 Å². The molecule has 0 N–H and O–H groups in total. The molecule has 5 aromatic rings. The lowest BCUT2D eigenvalue weighted by atomic mass is 10.1. The van der Waals surface area contributed by atoms with Gasteiger partial charge in [-0.25, -0.2) is 0 Å². The molecular formula is C32H31N3O4. The highest BCUT2D eigenvalue weighted by Crippen LogP contribution is 2.38. The van der Waals surface area contributed by atoms with Crippen LogP contribution in [0.2, 0.25) is 0 Å². The molecule has 0 aliphatic heterocycles. The van der Waals surface area contributed by atoms with Gasteiger partial charge in [-0.1, -0.05) is 66.7 Å². The van der Waals surface area contributed by atoms with Crippen LogP contribution in [0.4, 0.5) is 0 Å². The van der Waals surface area contributed by atoms with E-state index in [-0.39, 0.29) is 19.1 Å². The van der Waals surface area contributed by atoms with Gasteiger partial charge in [-0.15, -0.1) is 0 Å². The van der Waals surface area contributed by atoms with E-state index in [0.717, 1.165) is 40.1 Å². The Bertz CT molecular complexity index is 1600. The third-order valence-electron chi connectivity index (χ3n) is 6.96. The van der Waals surface area contributed by atoms with Gasteiger partial charge in [0.05, 0.1) is 29.2 Å². The van der Waals surface area contributed by atoms with Crippen LogP contribution in [-0.4, -0.2) is 47.3 Å². The maximum absolute atomic E-state index is 13.4. The first-order valence-electron chi connectivity index (χ1n) is 12.9. The molecule has 0 spiro atoms. The van der Waals surface area contributed by atoms with Crippen LogP contribution in [0.3, 0.4) is 0 Å². The van der Waals surface area contributed by atoms with Gasteiger partial charge in [-0.3, -0.25) is 14.6 Å². The van der Waals surface area contributed by atoms with Crippen LogP contribution in [0, 0.1) is 0 Å². The summed E-state index contributed by atoms with van der Waals surface area (Å²) in [7, 11) is 3.41. The van der Waals surface area contributed by atoms with E-state index in [2.05, 4.69) is 17.1 Å². The van der Waals surface area contributed by atoms with Crippen LogP contribution in [0.5, 0.6) is 5.75 Å². The number of benzene rings is 3. The number of fused-ring (bicyclic) bond motifs is 3. The molecule has 0 aliphatic carbocycles. The Labute approximate surface area is 227 Å². The molecule has 0 saturated carbocycles. The van der Waals surface area contributed by atoms with Gasteiger partial charge in [0.1, 0.15) is 24.6 Å². The Balaban J connectivity index is 1.55. The molecule has 2 heterocycles. The second kappa shape index (κ2) is 11.9. The summed E-state index contributed by atoms with van der Waals surface area (Å²) in [5.74, 6) is 0.651. The molecule has 5 rings (SSSR count). The molecule has 7 heteroatoms. The minimum Gasteiger partial charge on any atom is -0.488 e. The molecule has 3 aromatic carbocycles.